The fourth-order valence-corrected chi connectivity index (χ4v) is 3.23. The molecule has 0 aromatic heterocycles. The molecule has 2 N–H and O–H groups in total. The van der Waals surface area contributed by atoms with E-state index in [2.05, 4.69) is 15.4 Å². The number of hydrogen-bond acceptors (Lipinski definition) is 4. The van der Waals surface area contributed by atoms with Gasteiger partial charge in [-0.15, -0.1) is 0 Å². The Bertz CT molecular complexity index is 874. The second-order valence-corrected chi connectivity index (χ2v) is 6.73. The van der Waals surface area contributed by atoms with E-state index < -0.39 is 17.3 Å². The topological polar surface area (TPSA) is 84.5 Å². The largest absolute Gasteiger partial charge is 0.468 e. The average Bonchev–Trinajstić information content (AvgIpc) is 2.67. The summed E-state index contributed by atoms with van der Waals surface area (Å²) in [7, 11) is 1.24. The predicted octanol–water partition coefficient (Wildman–Crippen LogP) is 2.79. The van der Waals surface area contributed by atoms with Gasteiger partial charge in [0.25, 0.3) is 5.91 Å². The molecule has 1 aliphatic rings. The van der Waals surface area contributed by atoms with E-state index >= 15 is 0 Å². The zero-order valence-corrected chi connectivity index (χ0v) is 15.5. The van der Waals surface area contributed by atoms with E-state index in [1.807, 2.05) is 0 Å². The second kappa shape index (κ2) is 8.21. The van der Waals surface area contributed by atoms with Crippen LogP contribution in [0.1, 0.15) is 35.2 Å². The van der Waals surface area contributed by atoms with Crippen LogP contribution in [0.2, 0.25) is 0 Å². The van der Waals surface area contributed by atoms with E-state index in [4.69, 9.17) is 0 Å². The highest BCUT2D eigenvalue weighted by Gasteiger charge is 2.45. The van der Waals surface area contributed by atoms with E-state index in [0.29, 0.717) is 24.1 Å². The molecule has 1 aliphatic carbocycles. The van der Waals surface area contributed by atoms with Crippen LogP contribution >= 0.6 is 0 Å². The van der Waals surface area contributed by atoms with Crippen molar-refractivity contribution in [3.63, 3.8) is 0 Å². The molecule has 2 aromatic rings. The lowest BCUT2D eigenvalue weighted by Gasteiger charge is -2.40. The highest BCUT2D eigenvalue weighted by atomic mass is 19.1. The SMILES string of the molecule is COC(=O)CNC(=O)c1ccc(NC(=O)C2(c3ccc(F)cc3)CCC2)cc1. The van der Waals surface area contributed by atoms with Crippen molar-refractivity contribution < 1.29 is 23.5 Å². The Morgan fingerprint density at radius 2 is 1.68 bits per heavy atom. The Morgan fingerprint density at radius 3 is 2.21 bits per heavy atom. The molecule has 0 atom stereocenters. The third-order valence-corrected chi connectivity index (χ3v) is 5.06. The lowest BCUT2D eigenvalue weighted by molar-refractivity contribution is -0.139. The molecule has 28 heavy (non-hydrogen) atoms. The van der Waals surface area contributed by atoms with Gasteiger partial charge in [0, 0.05) is 11.3 Å². The Morgan fingerprint density at radius 1 is 1.04 bits per heavy atom. The van der Waals surface area contributed by atoms with Crippen LogP contribution in [0.3, 0.4) is 0 Å². The molecule has 1 saturated carbocycles. The molecule has 2 amide bonds. The van der Waals surface area contributed by atoms with Crippen LogP contribution in [0.5, 0.6) is 0 Å². The molecule has 0 spiro atoms. The molecule has 0 bridgehead atoms. The zero-order chi connectivity index (χ0) is 20.1. The number of ether oxygens (including phenoxy) is 1. The van der Waals surface area contributed by atoms with E-state index in [1.165, 1.54) is 19.2 Å². The number of benzene rings is 2. The number of carbonyl (C=O) groups excluding carboxylic acids is 3. The number of methoxy groups -OCH3 is 1. The predicted molar refractivity (Wildman–Crippen MR) is 101 cm³/mol. The standard InChI is InChI=1S/C21H21FN2O4/c1-28-18(25)13-23-19(26)14-3-9-17(10-4-14)24-20(27)21(11-2-12-21)15-5-7-16(22)8-6-15/h3-10H,2,11-13H2,1H3,(H,23,26)(H,24,27). The van der Waals surface area contributed by atoms with Crippen LogP contribution in [0.25, 0.3) is 0 Å². The van der Waals surface area contributed by atoms with Crippen molar-refractivity contribution in [2.45, 2.75) is 24.7 Å². The van der Waals surface area contributed by atoms with E-state index in [9.17, 15) is 18.8 Å². The molecule has 0 heterocycles. The van der Waals surface area contributed by atoms with Gasteiger partial charge < -0.3 is 15.4 Å². The van der Waals surface area contributed by atoms with Gasteiger partial charge >= 0.3 is 5.97 Å². The van der Waals surface area contributed by atoms with Crippen molar-refractivity contribution in [2.75, 3.05) is 19.0 Å². The Balaban J connectivity index is 1.66. The normalized spacial score (nSPS) is 14.5. The molecule has 0 unspecified atom stereocenters. The van der Waals surface area contributed by atoms with Crippen molar-refractivity contribution in [3.8, 4) is 0 Å². The summed E-state index contributed by atoms with van der Waals surface area (Å²) in [5.74, 6) is -1.43. The van der Waals surface area contributed by atoms with E-state index in [1.54, 1.807) is 36.4 Å². The van der Waals surface area contributed by atoms with Crippen LogP contribution in [0.4, 0.5) is 10.1 Å². The summed E-state index contributed by atoms with van der Waals surface area (Å²) < 4.78 is 17.7. The van der Waals surface area contributed by atoms with Gasteiger partial charge in [-0.3, -0.25) is 14.4 Å². The van der Waals surface area contributed by atoms with Crippen LogP contribution in [-0.4, -0.2) is 31.4 Å². The second-order valence-electron chi connectivity index (χ2n) is 6.73. The minimum absolute atomic E-state index is 0.145. The maximum absolute atomic E-state index is 13.2. The van der Waals surface area contributed by atoms with Crippen molar-refractivity contribution in [1.82, 2.24) is 5.32 Å². The molecular formula is C21H21FN2O4. The maximum atomic E-state index is 13.2. The summed E-state index contributed by atoms with van der Waals surface area (Å²) in [6, 6.07) is 12.4. The van der Waals surface area contributed by atoms with Crippen molar-refractivity contribution in [3.05, 3.63) is 65.5 Å². The first-order valence-corrected chi connectivity index (χ1v) is 8.97. The van der Waals surface area contributed by atoms with Crippen LogP contribution in [0.15, 0.2) is 48.5 Å². The highest BCUT2D eigenvalue weighted by molar-refractivity contribution is 6.01. The number of halogens is 1. The lowest BCUT2D eigenvalue weighted by Crippen LogP contribution is -2.46. The van der Waals surface area contributed by atoms with Crippen molar-refractivity contribution >= 4 is 23.5 Å². The minimum Gasteiger partial charge on any atom is -0.468 e. The third-order valence-electron chi connectivity index (χ3n) is 5.06. The summed E-state index contributed by atoms with van der Waals surface area (Å²) in [4.78, 5) is 36.0. The number of rotatable bonds is 6. The molecule has 7 heteroatoms. The number of anilines is 1. The van der Waals surface area contributed by atoms with Gasteiger partial charge in [-0.1, -0.05) is 18.6 Å². The molecule has 0 radical (unpaired) electrons. The number of hydrogen-bond donors (Lipinski definition) is 2. The van der Waals surface area contributed by atoms with Gasteiger partial charge in [-0.05, 0) is 54.8 Å². The Labute approximate surface area is 162 Å². The molecular weight excluding hydrogens is 363 g/mol. The summed E-state index contributed by atoms with van der Waals surface area (Å²) in [6.07, 6.45) is 2.35. The van der Waals surface area contributed by atoms with Crippen molar-refractivity contribution in [2.24, 2.45) is 0 Å². The first-order valence-electron chi connectivity index (χ1n) is 8.97. The Hall–Kier alpha value is -3.22. The smallest absolute Gasteiger partial charge is 0.325 e. The summed E-state index contributed by atoms with van der Waals surface area (Å²) >= 11 is 0. The van der Waals surface area contributed by atoms with Crippen molar-refractivity contribution in [1.29, 1.82) is 0 Å². The summed E-state index contributed by atoms with van der Waals surface area (Å²) in [5.41, 5.74) is 1.07. The molecule has 3 rings (SSSR count). The number of nitrogens with one attached hydrogen (secondary N) is 2. The van der Waals surface area contributed by atoms with Gasteiger partial charge in [0.1, 0.15) is 12.4 Å². The minimum atomic E-state index is -0.649. The first kappa shape index (κ1) is 19.5. The molecule has 146 valence electrons. The number of esters is 1. The van der Waals surface area contributed by atoms with Crippen LogP contribution in [-0.2, 0) is 19.7 Å². The molecule has 0 aliphatic heterocycles. The average molecular weight is 384 g/mol. The Kier molecular flexibility index (Phi) is 5.73. The van der Waals surface area contributed by atoms with E-state index in [-0.39, 0.29) is 18.3 Å². The third kappa shape index (κ3) is 4.03. The van der Waals surface area contributed by atoms with Gasteiger partial charge in [0.15, 0.2) is 0 Å². The monoisotopic (exact) mass is 384 g/mol. The molecule has 1 fully saturated rings. The highest BCUT2D eigenvalue weighted by Crippen LogP contribution is 2.44. The van der Waals surface area contributed by atoms with Crippen LogP contribution < -0.4 is 10.6 Å². The summed E-state index contributed by atoms with van der Waals surface area (Å²) in [5, 5.41) is 5.33. The lowest BCUT2D eigenvalue weighted by atomic mass is 9.64. The van der Waals surface area contributed by atoms with Gasteiger partial charge in [0.2, 0.25) is 5.91 Å². The van der Waals surface area contributed by atoms with E-state index in [0.717, 1.165) is 12.0 Å². The fraction of sp³-hybridized carbons (Fsp3) is 0.286. The first-order chi connectivity index (χ1) is 13.4. The zero-order valence-electron chi connectivity index (χ0n) is 15.5. The van der Waals surface area contributed by atoms with Gasteiger partial charge in [0.05, 0.1) is 12.5 Å². The summed E-state index contributed by atoms with van der Waals surface area (Å²) in [6.45, 7) is -0.214. The van der Waals surface area contributed by atoms with Crippen LogP contribution in [0, 0.1) is 5.82 Å². The quantitative estimate of drug-likeness (QED) is 0.750. The van der Waals surface area contributed by atoms with Gasteiger partial charge in [-0.2, -0.15) is 0 Å². The molecule has 2 aromatic carbocycles. The molecule has 0 saturated heterocycles. The number of carbonyl (C=O) groups is 3. The molecule has 6 nitrogen and oxygen atoms in total. The number of amides is 2. The van der Waals surface area contributed by atoms with Gasteiger partial charge in [-0.25, -0.2) is 4.39 Å². The fourth-order valence-electron chi connectivity index (χ4n) is 3.23. The maximum Gasteiger partial charge on any atom is 0.325 e.